The molecule has 0 aliphatic carbocycles. The smallest absolute Gasteiger partial charge is 0.213 e. The summed E-state index contributed by atoms with van der Waals surface area (Å²) < 4.78 is 16.0. The van der Waals surface area contributed by atoms with E-state index in [0.717, 1.165) is 24.7 Å². The second kappa shape index (κ2) is 10.6. The number of nitrogens with zero attached hydrogens (tertiary/aromatic N) is 3. The van der Waals surface area contributed by atoms with E-state index >= 15 is 0 Å². The number of ether oxygens (including phenoxy) is 3. The summed E-state index contributed by atoms with van der Waals surface area (Å²) in [4.78, 5) is 10.9. The number of aromatic nitrogens is 1. The Morgan fingerprint density at radius 3 is 3.00 bits per heavy atom. The Balaban J connectivity index is 0.00000264. The van der Waals surface area contributed by atoms with Gasteiger partial charge in [0.15, 0.2) is 5.96 Å². The molecule has 2 rings (SSSR count). The molecule has 1 fully saturated rings. The van der Waals surface area contributed by atoms with E-state index in [0.29, 0.717) is 25.6 Å². The first-order valence-electron chi connectivity index (χ1n) is 7.33. The van der Waals surface area contributed by atoms with Crippen molar-refractivity contribution in [2.75, 3.05) is 47.6 Å². The summed E-state index contributed by atoms with van der Waals surface area (Å²) in [6.07, 6.45) is 0.0762. The normalized spacial score (nSPS) is 18.3. The number of hydrogen-bond donors (Lipinski definition) is 1. The molecule has 7 nitrogen and oxygen atoms in total. The maximum absolute atomic E-state index is 5.66. The van der Waals surface area contributed by atoms with Gasteiger partial charge in [-0.25, -0.2) is 4.98 Å². The molecule has 1 aliphatic rings. The highest BCUT2D eigenvalue weighted by Gasteiger charge is 2.22. The Labute approximate surface area is 154 Å². The predicted molar refractivity (Wildman–Crippen MR) is 99.6 cm³/mol. The largest absolute Gasteiger partial charge is 0.481 e. The molecule has 0 aromatic carbocycles. The quantitative estimate of drug-likeness (QED) is 0.424. The van der Waals surface area contributed by atoms with Gasteiger partial charge in [0.1, 0.15) is 0 Å². The van der Waals surface area contributed by atoms with Gasteiger partial charge in [0.05, 0.1) is 38.7 Å². The second-order valence-electron chi connectivity index (χ2n) is 4.97. The zero-order valence-electron chi connectivity index (χ0n) is 13.8. The molecule has 130 valence electrons. The van der Waals surface area contributed by atoms with Crippen LogP contribution in [0.1, 0.15) is 5.69 Å². The molecular formula is C15H25IN4O3. The van der Waals surface area contributed by atoms with Gasteiger partial charge in [0, 0.05) is 33.3 Å². The van der Waals surface area contributed by atoms with Crippen LogP contribution in [0.2, 0.25) is 0 Å². The molecule has 0 amide bonds. The molecular weight excluding hydrogens is 411 g/mol. The van der Waals surface area contributed by atoms with Gasteiger partial charge >= 0.3 is 0 Å². The fourth-order valence-electron chi connectivity index (χ4n) is 2.37. The van der Waals surface area contributed by atoms with Gasteiger partial charge in [-0.2, -0.15) is 0 Å². The summed E-state index contributed by atoms with van der Waals surface area (Å²) >= 11 is 0. The Kier molecular flexibility index (Phi) is 9.19. The van der Waals surface area contributed by atoms with Crippen molar-refractivity contribution < 1.29 is 14.2 Å². The average Bonchev–Trinajstić information content (AvgIpc) is 2.56. The molecule has 1 saturated heterocycles. The van der Waals surface area contributed by atoms with E-state index in [1.807, 2.05) is 18.2 Å². The number of hydrogen-bond acceptors (Lipinski definition) is 5. The van der Waals surface area contributed by atoms with Crippen molar-refractivity contribution in [3.63, 3.8) is 0 Å². The van der Waals surface area contributed by atoms with Gasteiger partial charge in [0.2, 0.25) is 5.88 Å². The van der Waals surface area contributed by atoms with Crippen molar-refractivity contribution >= 4 is 29.9 Å². The number of aliphatic imine (C=N–C) groups is 1. The summed E-state index contributed by atoms with van der Waals surface area (Å²) in [5, 5.41) is 3.33. The van der Waals surface area contributed by atoms with E-state index in [-0.39, 0.29) is 30.1 Å². The van der Waals surface area contributed by atoms with Crippen LogP contribution >= 0.6 is 24.0 Å². The van der Waals surface area contributed by atoms with Crippen LogP contribution in [0.5, 0.6) is 5.88 Å². The monoisotopic (exact) mass is 436 g/mol. The fraction of sp³-hybridized carbons (Fsp3) is 0.600. The maximum atomic E-state index is 5.66. The zero-order valence-corrected chi connectivity index (χ0v) is 16.1. The minimum Gasteiger partial charge on any atom is -0.481 e. The minimum absolute atomic E-state index is 0. The molecule has 1 unspecified atom stereocenters. The Bertz CT molecular complexity index is 499. The van der Waals surface area contributed by atoms with Crippen molar-refractivity contribution in [2.45, 2.75) is 12.6 Å². The zero-order chi connectivity index (χ0) is 15.8. The molecule has 1 atom stereocenters. The minimum atomic E-state index is 0. The third-order valence-corrected chi connectivity index (χ3v) is 3.42. The standard InChI is InChI=1S/C15H24N4O3.HI/c1-16-15(19-7-8-22-13(10-19)11-20-2)17-9-12-5-4-6-14(18-12)21-3;/h4-6,13H,7-11H2,1-3H3,(H,16,17);1H. The van der Waals surface area contributed by atoms with Crippen LogP contribution in [-0.4, -0.2) is 69.5 Å². The van der Waals surface area contributed by atoms with Crippen LogP contribution in [0.3, 0.4) is 0 Å². The van der Waals surface area contributed by atoms with E-state index in [4.69, 9.17) is 14.2 Å². The van der Waals surface area contributed by atoms with Crippen LogP contribution in [0.25, 0.3) is 0 Å². The van der Waals surface area contributed by atoms with Crippen molar-refractivity contribution in [1.29, 1.82) is 0 Å². The van der Waals surface area contributed by atoms with Gasteiger partial charge in [-0.15, -0.1) is 24.0 Å². The fourth-order valence-corrected chi connectivity index (χ4v) is 2.37. The SMILES string of the molecule is CN=C(NCc1cccc(OC)n1)N1CCOC(COC)C1.I. The molecule has 1 N–H and O–H groups in total. The molecule has 0 spiro atoms. The molecule has 1 aromatic rings. The van der Waals surface area contributed by atoms with Crippen LogP contribution in [0.4, 0.5) is 0 Å². The lowest BCUT2D eigenvalue weighted by Gasteiger charge is -2.34. The lowest BCUT2D eigenvalue weighted by atomic mass is 10.3. The summed E-state index contributed by atoms with van der Waals surface area (Å²) in [5.41, 5.74) is 0.905. The van der Waals surface area contributed by atoms with Crippen LogP contribution < -0.4 is 10.1 Å². The molecule has 2 heterocycles. The third kappa shape index (κ3) is 6.11. The van der Waals surface area contributed by atoms with Crippen molar-refractivity contribution in [1.82, 2.24) is 15.2 Å². The first-order valence-corrected chi connectivity index (χ1v) is 7.33. The van der Waals surface area contributed by atoms with E-state index in [1.54, 1.807) is 21.3 Å². The number of halogens is 1. The highest BCUT2D eigenvalue weighted by molar-refractivity contribution is 14.0. The molecule has 8 heteroatoms. The topological polar surface area (TPSA) is 68.2 Å². The number of methoxy groups -OCH3 is 2. The first kappa shape index (κ1) is 19.9. The summed E-state index contributed by atoms with van der Waals surface area (Å²) in [5.74, 6) is 1.45. The number of morpholine rings is 1. The lowest BCUT2D eigenvalue weighted by molar-refractivity contribution is -0.0447. The van der Waals surface area contributed by atoms with Crippen molar-refractivity contribution in [3.05, 3.63) is 23.9 Å². The van der Waals surface area contributed by atoms with E-state index in [1.165, 1.54) is 0 Å². The molecule has 1 aromatic heterocycles. The number of nitrogens with one attached hydrogen (secondary N) is 1. The van der Waals surface area contributed by atoms with Crippen LogP contribution in [-0.2, 0) is 16.0 Å². The molecule has 0 saturated carbocycles. The van der Waals surface area contributed by atoms with Gasteiger partial charge in [-0.1, -0.05) is 6.07 Å². The van der Waals surface area contributed by atoms with Gasteiger partial charge in [0.25, 0.3) is 0 Å². The van der Waals surface area contributed by atoms with Crippen molar-refractivity contribution in [3.8, 4) is 5.88 Å². The first-order chi connectivity index (χ1) is 10.8. The molecule has 0 bridgehead atoms. The van der Waals surface area contributed by atoms with E-state index in [2.05, 4.69) is 20.2 Å². The van der Waals surface area contributed by atoms with Crippen LogP contribution in [0, 0.1) is 0 Å². The summed E-state index contributed by atoms with van der Waals surface area (Å²) in [7, 11) is 5.08. The molecule has 23 heavy (non-hydrogen) atoms. The van der Waals surface area contributed by atoms with Gasteiger partial charge in [-0.05, 0) is 6.07 Å². The Morgan fingerprint density at radius 1 is 1.48 bits per heavy atom. The Hall–Kier alpha value is -1.13. The maximum Gasteiger partial charge on any atom is 0.213 e. The van der Waals surface area contributed by atoms with Gasteiger partial charge < -0.3 is 24.4 Å². The second-order valence-corrected chi connectivity index (χ2v) is 4.97. The molecule has 1 aliphatic heterocycles. The van der Waals surface area contributed by atoms with E-state index < -0.39 is 0 Å². The number of rotatable bonds is 5. The van der Waals surface area contributed by atoms with Crippen molar-refractivity contribution in [2.24, 2.45) is 4.99 Å². The van der Waals surface area contributed by atoms with E-state index in [9.17, 15) is 0 Å². The lowest BCUT2D eigenvalue weighted by Crippen LogP contribution is -2.51. The predicted octanol–water partition coefficient (Wildman–Crippen LogP) is 1.13. The average molecular weight is 436 g/mol. The number of guanidine groups is 1. The molecule has 0 radical (unpaired) electrons. The van der Waals surface area contributed by atoms with Crippen LogP contribution in [0.15, 0.2) is 23.2 Å². The highest BCUT2D eigenvalue weighted by Crippen LogP contribution is 2.08. The highest BCUT2D eigenvalue weighted by atomic mass is 127. The summed E-state index contributed by atoms with van der Waals surface area (Å²) in [6, 6.07) is 5.71. The Morgan fingerprint density at radius 2 is 2.30 bits per heavy atom. The van der Waals surface area contributed by atoms with Gasteiger partial charge in [-0.3, -0.25) is 4.99 Å². The third-order valence-electron chi connectivity index (χ3n) is 3.42. The summed E-state index contributed by atoms with van der Waals surface area (Å²) in [6.45, 7) is 3.43. The number of pyridine rings is 1.